The molecular weight excluding hydrogens is 324 g/mol. The lowest BCUT2D eigenvalue weighted by Crippen LogP contribution is -2.17. The van der Waals surface area contributed by atoms with Crippen LogP contribution in [0.4, 0.5) is 0 Å². The highest BCUT2D eigenvalue weighted by atomic mass is 32.2. The van der Waals surface area contributed by atoms with Gasteiger partial charge in [0.1, 0.15) is 0 Å². The fourth-order valence-corrected chi connectivity index (χ4v) is 3.64. The molecule has 3 rings (SSSR count). The van der Waals surface area contributed by atoms with Gasteiger partial charge in [-0.05, 0) is 18.4 Å². The number of hydrogen-bond donors (Lipinski definition) is 2. The zero-order chi connectivity index (χ0) is 17.1. The van der Waals surface area contributed by atoms with Gasteiger partial charge < -0.3 is 4.98 Å². The fraction of sp³-hybridized carbons (Fsp3) is 0.353. The van der Waals surface area contributed by atoms with Crippen LogP contribution in [0, 0.1) is 0 Å². The Morgan fingerprint density at radius 1 is 1.33 bits per heavy atom. The summed E-state index contributed by atoms with van der Waals surface area (Å²) in [6.07, 6.45) is 3.52. The predicted octanol–water partition coefficient (Wildman–Crippen LogP) is 3.00. The van der Waals surface area contributed by atoms with Crippen molar-refractivity contribution < 1.29 is 4.79 Å². The Labute approximate surface area is 143 Å². The second-order valence-corrected chi connectivity index (χ2v) is 6.51. The van der Waals surface area contributed by atoms with E-state index < -0.39 is 0 Å². The zero-order valence-corrected chi connectivity index (χ0v) is 14.6. The molecule has 6 nitrogen and oxygen atoms in total. The van der Waals surface area contributed by atoms with E-state index in [1.165, 1.54) is 17.3 Å². The van der Waals surface area contributed by atoms with Crippen LogP contribution in [0.2, 0.25) is 0 Å². The molecule has 0 aliphatic carbocycles. The first-order valence-electron chi connectivity index (χ1n) is 8.05. The summed E-state index contributed by atoms with van der Waals surface area (Å²) in [5.74, 6) is 0.273. The molecule has 3 aromatic rings. The standard InChI is InChI=1S/C17H20N4O2S/c1-3-8-21-16(23)19-20-17(21)24-10-14(22)13-9-18-15-11(4-2)6-5-7-12(13)15/h5-7,9,18H,3-4,8,10H2,1-2H3,(H,19,23). The molecule has 0 aliphatic heterocycles. The monoisotopic (exact) mass is 344 g/mol. The number of benzene rings is 1. The van der Waals surface area contributed by atoms with Gasteiger partial charge in [0.25, 0.3) is 0 Å². The molecule has 2 aromatic heterocycles. The summed E-state index contributed by atoms with van der Waals surface area (Å²) in [4.78, 5) is 27.5. The molecule has 2 heterocycles. The molecule has 7 heteroatoms. The average molecular weight is 344 g/mol. The number of Topliss-reactive ketones (excluding diaryl/α,β-unsaturated/α-hetero) is 1. The van der Waals surface area contributed by atoms with E-state index in [2.05, 4.69) is 28.2 Å². The fourth-order valence-electron chi connectivity index (χ4n) is 2.78. The Hall–Kier alpha value is -2.28. The third kappa shape index (κ3) is 3.03. The number of aromatic nitrogens is 4. The third-order valence-corrected chi connectivity index (χ3v) is 4.96. The maximum absolute atomic E-state index is 12.6. The van der Waals surface area contributed by atoms with E-state index in [9.17, 15) is 9.59 Å². The number of rotatable bonds is 7. The number of carbonyl (C=O) groups is 1. The molecule has 0 atom stereocenters. The van der Waals surface area contributed by atoms with Crippen LogP contribution in [0.3, 0.4) is 0 Å². The number of ketones is 1. The van der Waals surface area contributed by atoms with Gasteiger partial charge in [0.05, 0.1) is 5.75 Å². The molecule has 24 heavy (non-hydrogen) atoms. The topological polar surface area (TPSA) is 83.5 Å². The highest BCUT2D eigenvalue weighted by Crippen LogP contribution is 2.24. The third-order valence-electron chi connectivity index (χ3n) is 3.99. The molecular formula is C17H20N4O2S. The summed E-state index contributed by atoms with van der Waals surface area (Å²) in [5.41, 5.74) is 2.68. The summed E-state index contributed by atoms with van der Waals surface area (Å²) in [6, 6.07) is 6.00. The quantitative estimate of drug-likeness (QED) is 0.510. The largest absolute Gasteiger partial charge is 0.360 e. The van der Waals surface area contributed by atoms with Crippen LogP contribution in [-0.2, 0) is 13.0 Å². The predicted molar refractivity (Wildman–Crippen MR) is 95.9 cm³/mol. The van der Waals surface area contributed by atoms with Crippen molar-refractivity contribution in [1.29, 1.82) is 0 Å². The average Bonchev–Trinajstić information content (AvgIpc) is 3.17. The van der Waals surface area contributed by atoms with Gasteiger partial charge in [0.2, 0.25) is 0 Å². The number of aromatic amines is 2. The van der Waals surface area contributed by atoms with Crippen LogP contribution < -0.4 is 5.69 Å². The molecule has 0 aliphatic rings. The Balaban J connectivity index is 1.80. The Morgan fingerprint density at radius 3 is 2.92 bits per heavy atom. The van der Waals surface area contributed by atoms with Crippen LogP contribution in [0.1, 0.15) is 36.2 Å². The lowest BCUT2D eigenvalue weighted by molar-refractivity contribution is 0.102. The molecule has 0 saturated heterocycles. The summed E-state index contributed by atoms with van der Waals surface area (Å²) < 4.78 is 1.57. The van der Waals surface area contributed by atoms with Crippen molar-refractivity contribution in [2.45, 2.75) is 38.4 Å². The molecule has 0 spiro atoms. The SMILES string of the molecule is CCCn1c(SCC(=O)c2c[nH]c3c(CC)cccc23)n[nH]c1=O. The number of aryl methyl sites for hydroxylation is 1. The van der Waals surface area contributed by atoms with Crippen molar-refractivity contribution in [3.63, 3.8) is 0 Å². The smallest absolute Gasteiger partial charge is 0.343 e. The molecule has 126 valence electrons. The van der Waals surface area contributed by atoms with Crippen molar-refractivity contribution in [2.75, 3.05) is 5.75 Å². The van der Waals surface area contributed by atoms with Crippen molar-refractivity contribution >= 4 is 28.4 Å². The van der Waals surface area contributed by atoms with Gasteiger partial charge in [0.15, 0.2) is 10.9 Å². The first-order valence-corrected chi connectivity index (χ1v) is 9.04. The second-order valence-electron chi connectivity index (χ2n) is 5.57. The molecule has 2 N–H and O–H groups in total. The van der Waals surface area contributed by atoms with E-state index in [0.29, 0.717) is 17.3 Å². The van der Waals surface area contributed by atoms with Gasteiger partial charge in [-0.1, -0.05) is 43.8 Å². The minimum absolute atomic E-state index is 0.0259. The number of nitrogens with one attached hydrogen (secondary N) is 2. The number of fused-ring (bicyclic) bond motifs is 1. The molecule has 0 amide bonds. The van der Waals surface area contributed by atoms with Crippen molar-refractivity contribution in [1.82, 2.24) is 19.7 Å². The Morgan fingerprint density at radius 2 is 2.17 bits per heavy atom. The zero-order valence-electron chi connectivity index (χ0n) is 13.8. The van der Waals surface area contributed by atoms with Gasteiger partial charge in [-0.2, -0.15) is 0 Å². The normalized spacial score (nSPS) is 11.2. The highest BCUT2D eigenvalue weighted by Gasteiger charge is 2.16. The molecule has 0 unspecified atom stereocenters. The van der Waals surface area contributed by atoms with E-state index >= 15 is 0 Å². The first-order chi connectivity index (χ1) is 11.7. The lowest BCUT2D eigenvalue weighted by atomic mass is 10.1. The highest BCUT2D eigenvalue weighted by molar-refractivity contribution is 7.99. The van der Waals surface area contributed by atoms with Crippen LogP contribution in [0.5, 0.6) is 0 Å². The molecule has 0 fully saturated rings. The van der Waals surface area contributed by atoms with Crippen molar-refractivity contribution in [2.24, 2.45) is 0 Å². The van der Waals surface area contributed by atoms with Gasteiger partial charge in [-0.15, -0.1) is 5.10 Å². The number of H-pyrrole nitrogens is 2. The Kier molecular flexibility index (Phi) is 4.89. The summed E-state index contributed by atoms with van der Waals surface area (Å²) >= 11 is 1.29. The van der Waals surface area contributed by atoms with E-state index in [4.69, 9.17) is 0 Å². The molecule has 0 radical (unpaired) electrons. The van der Waals surface area contributed by atoms with E-state index in [1.807, 2.05) is 19.1 Å². The summed E-state index contributed by atoms with van der Waals surface area (Å²) in [6.45, 7) is 4.69. The number of nitrogens with zero attached hydrogens (tertiary/aromatic N) is 2. The number of para-hydroxylation sites is 1. The second kappa shape index (κ2) is 7.09. The minimum atomic E-state index is -0.230. The van der Waals surface area contributed by atoms with Crippen molar-refractivity contribution in [3.8, 4) is 0 Å². The molecule has 1 aromatic carbocycles. The maximum atomic E-state index is 12.6. The van der Waals surface area contributed by atoms with E-state index in [0.717, 1.165) is 23.7 Å². The summed E-state index contributed by atoms with van der Waals surface area (Å²) in [5, 5.41) is 7.96. The van der Waals surface area contributed by atoms with Gasteiger partial charge >= 0.3 is 5.69 Å². The van der Waals surface area contributed by atoms with Gasteiger partial charge in [-0.25, -0.2) is 9.89 Å². The van der Waals surface area contributed by atoms with E-state index in [-0.39, 0.29) is 17.2 Å². The first kappa shape index (κ1) is 16.6. The lowest BCUT2D eigenvalue weighted by Gasteiger charge is -2.03. The molecule has 0 bridgehead atoms. The maximum Gasteiger partial charge on any atom is 0.343 e. The van der Waals surface area contributed by atoms with Crippen LogP contribution in [0.25, 0.3) is 10.9 Å². The molecule has 0 saturated carbocycles. The number of hydrogen-bond acceptors (Lipinski definition) is 4. The van der Waals surface area contributed by atoms with Crippen LogP contribution in [-0.4, -0.2) is 31.3 Å². The van der Waals surface area contributed by atoms with Gasteiger partial charge in [0, 0.05) is 29.2 Å². The van der Waals surface area contributed by atoms with Crippen LogP contribution >= 0.6 is 11.8 Å². The number of thioether (sulfide) groups is 1. The minimum Gasteiger partial charge on any atom is -0.360 e. The van der Waals surface area contributed by atoms with Crippen molar-refractivity contribution in [3.05, 3.63) is 46.0 Å². The Bertz CT molecular complexity index is 922. The summed E-state index contributed by atoms with van der Waals surface area (Å²) in [7, 11) is 0. The van der Waals surface area contributed by atoms with E-state index in [1.54, 1.807) is 10.8 Å². The van der Waals surface area contributed by atoms with Gasteiger partial charge in [-0.3, -0.25) is 9.36 Å². The van der Waals surface area contributed by atoms with Crippen LogP contribution in [0.15, 0.2) is 34.3 Å². The number of carbonyl (C=O) groups excluding carboxylic acids is 1.